The molecule has 6 heteroatoms. The number of halogens is 2. The van der Waals surface area contributed by atoms with Crippen molar-refractivity contribution in [2.75, 3.05) is 11.4 Å². The summed E-state index contributed by atoms with van der Waals surface area (Å²) in [5, 5.41) is 10.2. The number of amides is 1. The van der Waals surface area contributed by atoms with E-state index in [1.165, 1.54) is 0 Å². The fraction of sp³-hybridized carbons (Fsp3) is 0.364. The van der Waals surface area contributed by atoms with E-state index in [-0.39, 0.29) is 18.2 Å². The lowest BCUT2D eigenvalue weighted by Gasteiger charge is -2.26. The maximum atomic E-state index is 13.3. The number of anilines is 1. The van der Waals surface area contributed by atoms with Crippen LogP contribution in [0.25, 0.3) is 0 Å². The summed E-state index contributed by atoms with van der Waals surface area (Å²) in [6.07, 6.45) is -0.719. The number of nitriles is 1. The third-order valence-corrected chi connectivity index (χ3v) is 5.24. The molecule has 0 bridgehead atoms. The summed E-state index contributed by atoms with van der Waals surface area (Å²) in [5.74, 6) is 0.128. The first-order valence-electron chi connectivity index (χ1n) is 9.30. The van der Waals surface area contributed by atoms with E-state index < -0.39 is 12.2 Å². The molecule has 2 atom stereocenters. The van der Waals surface area contributed by atoms with Crippen LogP contribution in [-0.4, -0.2) is 18.6 Å². The normalized spacial score (nSPS) is 19.3. The number of benzene rings is 2. The van der Waals surface area contributed by atoms with Gasteiger partial charge in [0, 0.05) is 39.8 Å². The standard InChI is InChI=1S/C22H22Cl2N2O2/c1-14(2)13-26-19-10-9-15(23)12-17(19)21(16-6-3-4-7-18(16)24)28-20(22(26)27)8-5-11-25/h3-4,6-7,9-10,12,14,20-21H,5,8,13H2,1-2H3/t20-,21-/m1/s1. The van der Waals surface area contributed by atoms with Gasteiger partial charge in [0.15, 0.2) is 0 Å². The smallest absolute Gasteiger partial charge is 0.256 e. The van der Waals surface area contributed by atoms with E-state index in [1.807, 2.05) is 30.3 Å². The molecule has 1 heterocycles. The number of ether oxygens (including phenoxy) is 1. The van der Waals surface area contributed by atoms with Crippen molar-refractivity contribution in [2.24, 2.45) is 5.92 Å². The molecule has 0 saturated heterocycles. The summed E-state index contributed by atoms with van der Waals surface area (Å²) in [6, 6.07) is 15.0. The Morgan fingerprint density at radius 2 is 1.93 bits per heavy atom. The maximum absolute atomic E-state index is 13.3. The molecule has 4 nitrogen and oxygen atoms in total. The molecule has 1 aliphatic heterocycles. The van der Waals surface area contributed by atoms with E-state index in [2.05, 4.69) is 19.9 Å². The van der Waals surface area contributed by atoms with Crippen molar-refractivity contribution < 1.29 is 9.53 Å². The largest absolute Gasteiger partial charge is 0.356 e. The van der Waals surface area contributed by atoms with E-state index in [1.54, 1.807) is 17.0 Å². The van der Waals surface area contributed by atoms with Crippen molar-refractivity contribution in [1.29, 1.82) is 5.26 Å². The topological polar surface area (TPSA) is 53.3 Å². The Labute approximate surface area is 175 Å². The fourth-order valence-corrected chi connectivity index (χ4v) is 3.85. The number of hydrogen-bond acceptors (Lipinski definition) is 3. The Morgan fingerprint density at radius 1 is 1.18 bits per heavy atom. The molecule has 0 unspecified atom stereocenters. The van der Waals surface area contributed by atoms with Crippen molar-refractivity contribution in [2.45, 2.75) is 38.9 Å². The highest BCUT2D eigenvalue weighted by Gasteiger charge is 2.37. The van der Waals surface area contributed by atoms with Crippen molar-refractivity contribution in [3.63, 3.8) is 0 Å². The Kier molecular flexibility index (Phi) is 6.61. The summed E-state index contributed by atoms with van der Waals surface area (Å²) in [6.45, 7) is 4.67. The van der Waals surface area contributed by atoms with Crippen LogP contribution in [0, 0.1) is 17.2 Å². The van der Waals surface area contributed by atoms with Crippen LogP contribution >= 0.6 is 23.2 Å². The molecule has 2 aromatic rings. The van der Waals surface area contributed by atoms with Crippen LogP contribution in [0.4, 0.5) is 5.69 Å². The zero-order chi connectivity index (χ0) is 20.3. The summed E-state index contributed by atoms with van der Waals surface area (Å²) in [7, 11) is 0. The van der Waals surface area contributed by atoms with E-state index in [0.29, 0.717) is 23.0 Å². The lowest BCUT2D eigenvalue weighted by molar-refractivity contribution is -0.132. The van der Waals surface area contributed by atoms with Gasteiger partial charge in [-0.05, 0) is 36.6 Å². The fourth-order valence-electron chi connectivity index (χ4n) is 3.44. The molecule has 0 aliphatic carbocycles. The maximum Gasteiger partial charge on any atom is 0.256 e. The third kappa shape index (κ3) is 4.33. The summed E-state index contributed by atoms with van der Waals surface area (Å²) in [4.78, 5) is 15.1. The highest BCUT2D eigenvalue weighted by Crippen LogP contribution is 2.42. The van der Waals surface area contributed by atoms with Gasteiger partial charge < -0.3 is 9.64 Å². The van der Waals surface area contributed by atoms with Crippen molar-refractivity contribution in [3.05, 3.63) is 63.6 Å². The average Bonchev–Trinajstić information content (AvgIpc) is 2.76. The molecule has 1 amide bonds. The van der Waals surface area contributed by atoms with Crippen LogP contribution in [0.5, 0.6) is 0 Å². The summed E-state index contributed by atoms with van der Waals surface area (Å²) < 4.78 is 6.30. The quantitative estimate of drug-likeness (QED) is 0.620. The molecule has 0 fully saturated rings. The Bertz CT molecular complexity index is 908. The van der Waals surface area contributed by atoms with Crippen LogP contribution in [-0.2, 0) is 9.53 Å². The lowest BCUT2D eigenvalue weighted by atomic mass is 9.99. The van der Waals surface area contributed by atoms with Crippen molar-refractivity contribution in [3.8, 4) is 6.07 Å². The molecule has 0 N–H and O–H groups in total. The number of fused-ring (bicyclic) bond motifs is 1. The average molecular weight is 417 g/mol. The molecular formula is C22H22Cl2N2O2. The molecule has 28 heavy (non-hydrogen) atoms. The van der Waals surface area contributed by atoms with Crippen LogP contribution in [0.15, 0.2) is 42.5 Å². The third-order valence-electron chi connectivity index (χ3n) is 4.66. The van der Waals surface area contributed by atoms with Gasteiger partial charge in [-0.25, -0.2) is 0 Å². The van der Waals surface area contributed by atoms with Gasteiger partial charge in [0.25, 0.3) is 5.91 Å². The number of carbonyl (C=O) groups is 1. The van der Waals surface area contributed by atoms with Gasteiger partial charge in [-0.2, -0.15) is 5.26 Å². The van der Waals surface area contributed by atoms with Crippen molar-refractivity contribution >= 4 is 34.8 Å². The Hall–Kier alpha value is -2.06. The second kappa shape index (κ2) is 8.96. The molecule has 0 spiro atoms. The number of carbonyl (C=O) groups excluding carboxylic acids is 1. The highest BCUT2D eigenvalue weighted by molar-refractivity contribution is 6.31. The van der Waals surface area contributed by atoms with E-state index in [9.17, 15) is 4.79 Å². The monoisotopic (exact) mass is 416 g/mol. The predicted octanol–water partition coefficient (Wildman–Crippen LogP) is 5.77. The summed E-state index contributed by atoms with van der Waals surface area (Å²) >= 11 is 12.8. The molecule has 0 saturated carbocycles. The zero-order valence-electron chi connectivity index (χ0n) is 15.9. The first-order valence-corrected chi connectivity index (χ1v) is 10.1. The first kappa shape index (κ1) is 20.7. The lowest BCUT2D eigenvalue weighted by Crippen LogP contribution is -2.41. The zero-order valence-corrected chi connectivity index (χ0v) is 17.4. The van der Waals surface area contributed by atoms with Gasteiger partial charge in [0.05, 0.1) is 6.07 Å². The first-order chi connectivity index (χ1) is 13.4. The van der Waals surface area contributed by atoms with Gasteiger partial charge in [0.1, 0.15) is 12.2 Å². The minimum Gasteiger partial charge on any atom is -0.356 e. The van der Waals surface area contributed by atoms with Gasteiger partial charge in [0.2, 0.25) is 0 Å². The summed E-state index contributed by atoms with van der Waals surface area (Å²) in [5.41, 5.74) is 2.34. The Morgan fingerprint density at radius 3 is 2.61 bits per heavy atom. The van der Waals surface area contributed by atoms with Crippen molar-refractivity contribution in [1.82, 2.24) is 0 Å². The van der Waals surface area contributed by atoms with E-state index in [0.717, 1.165) is 16.8 Å². The molecule has 0 radical (unpaired) electrons. The molecule has 2 aromatic carbocycles. The van der Waals surface area contributed by atoms with Crippen LogP contribution < -0.4 is 4.90 Å². The number of rotatable bonds is 5. The molecule has 1 aliphatic rings. The van der Waals surface area contributed by atoms with Crippen LogP contribution in [0.2, 0.25) is 10.0 Å². The Balaban J connectivity index is 2.18. The SMILES string of the molecule is CC(C)CN1C(=O)[C@@H](CCC#N)O[C@H](c2ccccc2Cl)c2cc(Cl)ccc21. The van der Waals surface area contributed by atoms with Gasteiger partial charge in [-0.1, -0.05) is 55.2 Å². The molecule has 3 rings (SSSR count). The highest BCUT2D eigenvalue weighted by atomic mass is 35.5. The number of hydrogen-bond donors (Lipinski definition) is 0. The van der Waals surface area contributed by atoms with Crippen LogP contribution in [0.1, 0.15) is 43.9 Å². The van der Waals surface area contributed by atoms with Crippen LogP contribution in [0.3, 0.4) is 0 Å². The van der Waals surface area contributed by atoms with E-state index >= 15 is 0 Å². The molecular weight excluding hydrogens is 395 g/mol. The van der Waals surface area contributed by atoms with E-state index in [4.69, 9.17) is 33.2 Å². The number of nitrogens with zero attached hydrogens (tertiary/aromatic N) is 2. The molecule has 146 valence electrons. The molecule has 0 aromatic heterocycles. The minimum absolute atomic E-state index is 0.137. The van der Waals surface area contributed by atoms with Gasteiger partial charge in [-0.3, -0.25) is 4.79 Å². The minimum atomic E-state index is -0.731. The second-order valence-corrected chi connectivity index (χ2v) is 8.11. The van der Waals surface area contributed by atoms with Gasteiger partial charge >= 0.3 is 0 Å². The predicted molar refractivity (Wildman–Crippen MR) is 112 cm³/mol. The second-order valence-electron chi connectivity index (χ2n) is 7.27. The van der Waals surface area contributed by atoms with Gasteiger partial charge in [-0.15, -0.1) is 0 Å².